The van der Waals surface area contributed by atoms with Crippen molar-refractivity contribution >= 4 is 23.2 Å². The van der Waals surface area contributed by atoms with Gasteiger partial charge in [0.05, 0.1) is 17.4 Å². The van der Waals surface area contributed by atoms with E-state index in [1.54, 1.807) is 35.2 Å². The number of aromatic nitrogens is 2. The Morgan fingerprint density at radius 3 is 2.63 bits per heavy atom. The first-order valence-corrected chi connectivity index (χ1v) is 9.20. The number of carbonyl (C=O) groups excluding carboxylic acids is 2. The van der Waals surface area contributed by atoms with E-state index in [1.165, 1.54) is 0 Å². The molecule has 140 valence electrons. The molecule has 7 heteroatoms. The van der Waals surface area contributed by atoms with Crippen LogP contribution in [0.2, 0.25) is 0 Å². The number of benzene rings is 1. The molecule has 0 N–H and O–H groups in total. The van der Waals surface area contributed by atoms with Gasteiger partial charge in [-0.25, -0.2) is 9.97 Å². The van der Waals surface area contributed by atoms with Gasteiger partial charge < -0.3 is 14.5 Å². The van der Waals surface area contributed by atoms with Crippen molar-refractivity contribution in [2.24, 2.45) is 0 Å². The van der Waals surface area contributed by atoms with Gasteiger partial charge in [-0.05, 0) is 44.0 Å². The lowest BCUT2D eigenvalue weighted by atomic mass is 10.0. The second kappa shape index (κ2) is 7.08. The molecule has 1 fully saturated rings. The Bertz CT molecular complexity index is 865. The summed E-state index contributed by atoms with van der Waals surface area (Å²) in [6.07, 6.45) is 4.58. The van der Waals surface area contributed by atoms with E-state index in [0.29, 0.717) is 24.7 Å². The van der Waals surface area contributed by atoms with Crippen LogP contribution in [-0.2, 0) is 14.3 Å². The van der Waals surface area contributed by atoms with Crippen molar-refractivity contribution in [2.75, 3.05) is 23.0 Å². The molecule has 7 nitrogen and oxygen atoms in total. The molecule has 1 unspecified atom stereocenters. The average molecular weight is 366 g/mol. The molecule has 1 aromatic carbocycles. The van der Waals surface area contributed by atoms with Crippen molar-refractivity contribution in [2.45, 2.75) is 38.8 Å². The zero-order valence-electron chi connectivity index (χ0n) is 15.5. The number of nitrogens with zero attached hydrogens (tertiary/aromatic N) is 4. The molecule has 2 atom stereocenters. The maximum atomic E-state index is 13.1. The van der Waals surface area contributed by atoms with Gasteiger partial charge in [-0.2, -0.15) is 0 Å². The van der Waals surface area contributed by atoms with E-state index >= 15 is 0 Å². The van der Waals surface area contributed by atoms with Crippen LogP contribution < -0.4 is 9.80 Å². The Hall–Kier alpha value is -2.80. The molecule has 0 radical (unpaired) electrons. The lowest BCUT2D eigenvalue weighted by molar-refractivity contribution is -0.127. The van der Waals surface area contributed by atoms with Gasteiger partial charge in [-0.1, -0.05) is 0 Å². The predicted molar refractivity (Wildman–Crippen MR) is 101 cm³/mol. The number of rotatable bonds is 2. The van der Waals surface area contributed by atoms with Gasteiger partial charge in [0.2, 0.25) is 5.91 Å². The quantitative estimate of drug-likeness (QED) is 0.816. The SMILES string of the molecule is CC(=O)N1c2ccc(-c3ncccn3)cc2N(C(=O)C2CCCO2)C[C@@H]1C. The number of amides is 2. The molecule has 1 saturated heterocycles. The highest BCUT2D eigenvalue weighted by Gasteiger charge is 2.37. The fourth-order valence-electron chi connectivity index (χ4n) is 3.85. The molecule has 0 spiro atoms. The van der Waals surface area contributed by atoms with E-state index in [-0.39, 0.29) is 17.9 Å². The minimum Gasteiger partial charge on any atom is -0.368 e. The summed E-state index contributed by atoms with van der Waals surface area (Å²) in [6.45, 7) is 4.55. The summed E-state index contributed by atoms with van der Waals surface area (Å²) in [5.74, 6) is 0.490. The highest BCUT2D eigenvalue weighted by atomic mass is 16.5. The molecule has 1 aromatic heterocycles. The Morgan fingerprint density at radius 1 is 1.19 bits per heavy atom. The van der Waals surface area contributed by atoms with Crippen LogP contribution in [0.25, 0.3) is 11.4 Å². The Balaban J connectivity index is 1.80. The van der Waals surface area contributed by atoms with Crippen LogP contribution in [-0.4, -0.2) is 47.1 Å². The molecule has 4 rings (SSSR count). The summed E-state index contributed by atoms with van der Waals surface area (Å²) in [7, 11) is 0. The summed E-state index contributed by atoms with van der Waals surface area (Å²) < 4.78 is 5.61. The normalized spacial score (nSPS) is 21.9. The van der Waals surface area contributed by atoms with Crippen LogP contribution >= 0.6 is 0 Å². The molecule has 0 aliphatic carbocycles. The monoisotopic (exact) mass is 366 g/mol. The fourth-order valence-corrected chi connectivity index (χ4v) is 3.85. The van der Waals surface area contributed by atoms with Gasteiger partial charge in [0.1, 0.15) is 6.10 Å². The Morgan fingerprint density at radius 2 is 1.96 bits per heavy atom. The third kappa shape index (κ3) is 3.19. The van der Waals surface area contributed by atoms with Gasteiger partial charge in [-0.3, -0.25) is 9.59 Å². The second-order valence-corrected chi connectivity index (χ2v) is 6.96. The van der Waals surface area contributed by atoms with E-state index in [0.717, 1.165) is 24.1 Å². The standard InChI is InChI=1S/C20H22N4O3/c1-13-12-23(20(26)18-5-3-10-27-18)17-11-15(19-21-8-4-9-22-19)6-7-16(17)24(13)14(2)25/h4,6-9,11,13,18H,3,5,10,12H2,1-2H3/t13-,18?/m0/s1. The van der Waals surface area contributed by atoms with Gasteiger partial charge in [0.15, 0.2) is 5.82 Å². The summed E-state index contributed by atoms with van der Waals surface area (Å²) in [6, 6.07) is 7.29. The molecule has 27 heavy (non-hydrogen) atoms. The van der Waals surface area contributed by atoms with Crippen molar-refractivity contribution in [3.05, 3.63) is 36.7 Å². The third-order valence-corrected chi connectivity index (χ3v) is 5.05. The van der Waals surface area contributed by atoms with Crippen LogP contribution in [0.1, 0.15) is 26.7 Å². The van der Waals surface area contributed by atoms with Crippen molar-refractivity contribution in [1.82, 2.24) is 9.97 Å². The van der Waals surface area contributed by atoms with Crippen LogP contribution in [0, 0.1) is 0 Å². The van der Waals surface area contributed by atoms with Crippen molar-refractivity contribution in [3.8, 4) is 11.4 Å². The third-order valence-electron chi connectivity index (χ3n) is 5.05. The highest BCUT2D eigenvalue weighted by molar-refractivity contribution is 6.06. The van der Waals surface area contributed by atoms with Crippen molar-refractivity contribution in [1.29, 1.82) is 0 Å². The van der Waals surface area contributed by atoms with Crippen LogP contribution in [0.15, 0.2) is 36.7 Å². The Kier molecular flexibility index (Phi) is 4.61. The number of hydrogen-bond donors (Lipinski definition) is 0. The van der Waals surface area contributed by atoms with E-state index in [9.17, 15) is 9.59 Å². The fraction of sp³-hybridized carbons (Fsp3) is 0.400. The number of ether oxygens (including phenoxy) is 1. The maximum absolute atomic E-state index is 13.1. The Labute approximate surface area is 158 Å². The molecule has 0 saturated carbocycles. The van der Waals surface area contributed by atoms with Crippen LogP contribution in [0.3, 0.4) is 0 Å². The first-order valence-electron chi connectivity index (χ1n) is 9.20. The van der Waals surface area contributed by atoms with Crippen molar-refractivity contribution < 1.29 is 14.3 Å². The lowest BCUT2D eigenvalue weighted by Gasteiger charge is -2.41. The largest absolute Gasteiger partial charge is 0.368 e. The molecular weight excluding hydrogens is 344 g/mol. The van der Waals surface area contributed by atoms with Gasteiger partial charge in [0, 0.05) is 38.0 Å². The van der Waals surface area contributed by atoms with E-state index in [2.05, 4.69) is 9.97 Å². The van der Waals surface area contributed by atoms with Crippen LogP contribution in [0.5, 0.6) is 0 Å². The van der Waals surface area contributed by atoms with Gasteiger partial charge in [-0.15, -0.1) is 0 Å². The smallest absolute Gasteiger partial charge is 0.256 e. The molecule has 2 aromatic rings. The minimum absolute atomic E-state index is 0.0447. The molecule has 2 aliphatic heterocycles. The molecule has 0 bridgehead atoms. The maximum Gasteiger partial charge on any atom is 0.256 e. The van der Waals surface area contributed by atoms with Gasteiger partial charge in [0.25, 0.3) is 5.91 Å². The van der Waals surface area contributed by atoms with Crippen molar-refractivity contribution in [3.63, 3.8) is 0 Å². The first kappa shape index (κ1) is 17.6. The summed E-state index contributed by atoms with van der Waals surface area (Å²) in [5, 5.41) is 0. The average Bonchev–Trinajstić information content (AvgIpc) is 3.21. The lowest BCUT2D eigenvalue weighted by Crippen LogP contribution is -2.53. The number of fused-ring (bicyclic) bond motifs is 1. The zero-order chi connectivity index (χ0) is 19.0. The number of anilines is 2. The summed E-state index contributed by atoms with van der Waals surface area (Å²) in [4.78, 5) is 37.4. The van der Waals surface area contributed by atoms with E-state index in [1.807, 2.05) is 25.1 Å². The predicted octanol–water partition coefficient (Wildman–Crippen LogP) is 2.41. The number of carbonyl (C=O) groups is 2. The van der Waals surface area contributed by atoms with E-state index in [4.69, 9.17) is 4.74 Å². The highest BCUT2D eigenvalue weighted by Crippen LogP contribution is 2.39. The molecule has 2 aliphatic rings. The minimum atomic E-state index is -0.412. The second-order valence-electron chi connectivity index (χ2n) is 6.96. The van der Waals surface area contributed by atoms with Gasteiger partial charge >= 0.3 is 0 Å². The first-order chi connectivity index (χ1) is 13.1. The molecular formula is C20H22N4O3. The van der Waals surface area contributed by atoms with E-state index < -0.39 is 6.10 Å². The summed E-state index contributed by atoms with van der Waals surface area (Å²) >= 11 is 0. The van der Waals surface area contributed by atoms with Crippen LogP contribution in [0.4, 0.5) is 11.4 Å². The molecule has 3 heterocycles. The topological polar surface area (TPSA) is 75.6 Å². The zero-order valence-corrected chi connectivity index (χ0v) is 15.5. The summed E-state index contributed by atoms with van der Waals surface area (Å²) in [5.41, 5.74) is 2.23. The molecule has 2 amide bonds. The number of hydrogen-bond acceptors (Lipinski definition) is 5.